The number of rotatable bonds is 7. The molecule has 8 heteroatoms. The van der Waals surface area contributed by atoms with Crippen LogP contribution in [0.5, 0.6) is 11.5 Å². The number of halogens is 1. The minimum absolute atomic E-state index is 0.206. The van der Waals surface area contributed by atoms with E-state index in [9.17, 15) is 9.59 Å². The van der Waals surface area contributed by atoms with Crippen LogP contribution in [0.1, 0.15) is 30.6 Å². The molecular formula is C24H30ClN3O4. The Morgan fingerprint density at radius 1 is 1.00 bits per heavy atom. The summed E-state index contributed by atoms with van der Waals surface area (Å²) in [5.41, 5.74) is 1.91. The summed E-state index contributed by atoms with van der Waals surface area (Å²) in [5.74, 6) is 1.35. The van der Waals surface area contributed by atoms with E-state index in [0.29, 0.717) is 53.2 Å². The fourth-order valence-electron chi connectivity index (χ4n) is 3.66. The molecule has 1 fully saturated rings. The predicted octanol–water partition coefficient (Wildman–Crippen LogP) is 4.30. The molecule has 172 valence electrons. The summed E-state index contributed by atoms with van der Waals surface area (Å²) in [6, 6.07) is 10.5. The average Bonchev–Trinajstić information content (AvgIpc) is 2.78. The largest absolute Gasteiger partial charge is 0.497 e. The van der Waals surface area contributed by atoms with Gasteiger partial charge in [0.25, 0.3) is 5.91 Å². The van der Waals surface area contributed by atoms with Crippen LogP contribution in [0.25, 0.3) is 0 Å². The molecule has 1 N–H and O–H groups in total. The van der Waals surface area contributed by atoms with E-state index < -0.39 is 0 Å². The Bertz CT molecular complexity index is 949. The molecule has 0 radical (unpaired) electrons. The predicted molar refractivity (Wildman–Crippen MR) is 127 cm³/mol. The van der Waals surface area contributed by atoms with Gasteiger partial charge in [0.15, 0.2) is 0 Å². The van der Waals surface area contributed by atoms with Crippen LogP contribution < -0.4 is 19.7 Å². The van der Waals surface area contributed by atoms with E-state index in [4.69, 9.17) is 21.1 Å². The molecule has 0 aromatic heterocycles. The van der Waals surface area contributed by atoms with Gasteiger partial charge in [-0.1, -0.05) is 25.4 Å². The Balaban J connectivity index is 1.65. The van der Waals surface area contributed by atoms with Gasteiger partial charge >= 0.3 is 0 Å². The zero-order valence-electron chi connectivity index (χ0n) is 19.0. The molecule has 0 spiro atoms. The van der Waals surface area contributed by atoms with Crippen molar-refractivity contribution < 1.29 is 19.1 Å². The monoisotopic (exact) mass is 459 g/mol. The Labute approximate surface area is 194 Å². The van der Waals surface area contributed by atoms with E-state index in [1.54, 1.807) is 24.3 Å². The van der Waals surface area contributed by atoms with Crippen molar-refractivity contribution >= 4 is 34.8 Å². The number of piperazine rings is 1. The first-order valence-electron chi connectivity index (χ1n) is 10.7. The number of hydrogen-bond donors (Lipinski definition) is 1. The first-order valence-corrected chi connectivity index (χ1v) is 11.0. The van der Waals surface area contributed by atoms with Gasteiger partial charge in [0.2, 0.25) is 5.91 Å². The maximum atomic E-state index is 12.7. The summed E-state index contributed by atoms with van der Waals surface area (Å²) in [6.45, 7) is 6.91. The van der Waals surface area contributed by atoms with Gasteiger partial charge in [-0.2, -0.15) is 0 Å². The summed E-state index contributed by atoms with van der Waals surface area (Å²) >= 11 is 6.54. The Kier molecular flexibility index (Phi) is 7.85. The molecular weight excluding hydrogens is 430 g/mol. The first kappa shape index (κ1) is 23.7. The minimum Gasteiger partial charge on any atom is -0.497 e. The molecule has 0 bridgehead atoms. The summed E-state index contributed by atoms with van der Waals surface area (Å²) in [5, 5.41) is 3.42. The Hall–Kier alpha value is -2.93. The fraction of sp³-hybridized carbons (Fsp3) is 0.417. The van der Waals surface area contributed by atoms with Crippen LogP contribution >= 0.6 is 11.6 Å². The van der Waals surface area contributed by atoms with E-state index in [-0.39, 0.29) is 11.8 Å². The molecule has 1 heterocycles. The maximum absolute atomic E-state index is 12.7. The van der Waals surface area contributed by atoms with Crippen molar-refractivity contribution in [3.63, 3.8) is 0 Å². The Morgan fingerprint density at radius 3 is 2.16 bits per heavy atom. The van der Waals surface area contributed by atoms with Crippen LogP contribution in [0.3, 0.4) is 0 Å². The number of methoxy groups -OCH3 is 2. The molecule has 3 rings (SSSR count). The van der Waals surface area contributed by atoms with Crippen LogP contribution in [0.4, 0.5) is 11.4 Å². The molecule has 0 unspecified atom stereocenters. The van der Waals surface area contributed by atoms with Gasteiger partial charge in [-0.25, -0.2) is 0 Å². The lowest BCUT2D eigenvalue weighted by Gasteiger charge is -2.36. The standard InChI is InChI=1S/C24H30ClN3O4/c1-16(2)11-23(29)28-9-7-27(8-10-28)22-6-5-18(14-21(22)25)26-24(30)17-12-19(31-3)15-20(13-17)32-4/h5-6,12-16H,7-11H2,1-4H3,(H,26,30). The highest BCUT2D eigenvalue weighted by molar-refractivity contribution is 6.33. The highest BCUT2D eigenvalue weighted by atomic mass is 35.5. The number of benzene rings is 2. The molecule has 1 saturated heterocycles. The third kappa shape index (κ3) is 5.85. The zero-order valence-corrected chi connectivity index (χ0v) is 19.7. The lowest BCUT2D eigenvalue weighted by molar-refractivity contribution is -0.132. The van der Waals surface area contributed by atoms with Crippen LogP contribution in [0.2, 0.25) is 5.02 Å². The van der Waals surface area contributed by atoms with Crippen molar-refractivity contribution in [2.75, 3.05) is 50.6 Å². The van der Waals surface area contributed by atoms with E-state index in [0.717, 1.165) is 18.8 Å². The number of hydrogen-bond acceptors (Lipinski definition) is 5. The van der Waals surface area contributed by atoms with Crippen LogP contribution in [-0.4, -0.2) is 57.1 Å². The molecule has 0 aliphatic carbocycles. The number of nitrogens with one attached hydrogen (secondary N) is 1. The summed E-state index contributed by atoms with van der Waals surface area (Å²) in [4.78, 5) is 29.1. The second-order valence-electron chi connectivity index (χ2n) is 8.19. The first-order chi connectivity index (χ1) is 15.3. The van der Waals surface area contributed by atoms with Gasteiger partial charge in [-0.05, 0) is 36.2 Å². The molecule has 1 aliphatic rings. The number of carbonyl (C=O) groups excluding carboxylic acids is 2. The second-order valence-corrected chi connectivity index (χ2v) is 8.59. The number of anilines is 2. The third-order valence-electron chi connectivity index (χ3n) is 5.38. The Morgan fingerprint density at radius 2 is 1.62 bits per heavy atom. The highest BCUT2D eigenvalue weighted by Gasteiger charge is 2.23. The number of carbonyl (C=O) groups is 2. The van der Waals surface area contributed by atoms with Crippen LogP contribution in [0, 0.1) is 5.92 Å². The smallest absolute Gasteiger partial charge is 0.255 e. The molecule has 32 heavy (non-hydrogen) atoms. The minimum atomic E-state index is -0.289. The van der Waals surface area contributed by atoms with Crippen LogP contribution in [0.15, 0.2) is 36.4 Å². The van der Waals surface area contributed by atoms with E-state index in [1.807, 2.05) is 17.0 Å². The molecule has 0 atom stereocenters. The average molecular weight is 460 g/mol. The van der Waals surface area contributed by atoms with E-state index >= 15 is 0 Å². The highest BCUT2D eigenvalue weighted by Crippen LogP contribution is 2.30. The van der Waals surface area contributed by atoms with Crippen molar-refractivity contribution in [1.82, 2.24) is 4.90 Å². The summed E-state index contributed by atoms with van der Waals surface area (Å²) in [6.07, 6.45) is 0.578. The third-order valence-corrected chi connectivity index (χ3v) is 5.68. The molecule has 2 amide bonds. The molecule has 7 nitrogen and oxygen atoms in total. The van der Waals surface area contributed by atoms with Gasteiger partial charge < -0.3 is 24.6 Å². The molecule has 2 aromatic rings. The zero-order chi connectivity index (χ0) is 23.3. The lowest BCUT2D eigenvalue weighted by Crippen LogP contribution is -2.49. The van der Waals surface area contributed by atoms with Gasteiger partial charge in [-0.15, -0.1) is 0 Å². The van der Waals surface area contributed by atoms with Crippen molar-refractivity contribution in [3.8, 4) is 11.5 Å². The summed E-state index contributed by atoms with van der Waals surface area (Å²) < 4.78 is 10.5. The number of amides is 2. The van der Waals surface area contributed by atoms with E-state index in [2.05, 4.69) is 24.1 Å². The van der Waals surface area contributed by atoms with E-state index in [1.165, 1.54) is 14.2 Å². The number of ether oxygens (including phenoxy) is 2. The SMILES string of the molecule is COc1cc(OC)cc(C(=O)Nc2ccc(N3CCN(C(=O)CC(C)C)CC3)c(Cl)c2)c1. The van der Waals surface area contributed by atoms with Gasteiger partial charge in [-0.3, -0.25) is 9.59 Å². The van der Waals surface area contributed by atoms with Gasteiger partial charge in [0.1, 0.15) is 11.5 Å². The fourth-order valence-corrected chi connectivity index (χ4v) is 3.96. The van der Waals surface area contributed by atoms with Gasteiger partial charge in [0, 0.05) is 49.9 Å². The lowest BCUT2D eigenvalue weighted by atomic mass is 10.1. The van der Waals surface area contributed by atoms with Gasteiger partial charge in [0.05, 0.1) is 24.9 Å². The van der Waals surface area contributed by atoms with Crippen molar-refractivity contribution in [2.45, 2.75) is 20.3 Å². The molecule has 1 aliphatic heterocycles. The molecule has 0 saturated carbocycles. The second kappa shape index (κ2) is 10.6. The normalized spacial score (nSPS) is 13.8. The molecule has 2 aromatic carbocycles. The maximum Gasteiger partial charge on any atom is 0.255 e. The number of nitrogens with zero attached hydrogens (tertiary/aromatic N) is 2. The topological polar surface area (TPSA) is 71.1 Å². The quantitative estimate of drug-likeness (QED) is 0.668. The van der Waals surface area contributed by atoms with Crippen LogP contribution in [-0.2, 0) is 4.79 Å². The van der Waals surface area contributed by atoms with Crippen molar-refractivity contribution in [1.29, 1.82) is 0 Å². The van der Waals surface area contributed by atoms with Crippen molar-refractivity contribution in [2.24, 2.45) is 5.92 Å². The van der Waals surface area contributed by atoms with Crippen molar-refractivity contribution in [3.05, 3.63) is 47.0 Å². The summed E-state index contributed by atoms with van der Waals surface area (Å²) in [7, 11) is 3.07.